The topological polar surface area (TPSA) is 46.6 Å². The van der Waals surface area contributed by atoms with Crippen LogP contribution >= 0.6 is 23.2 Å². The normalized spacial score (nSPS) is 15.8. The van der Waals surface area contributed by atoms with Gasteiger partial charge in [0.2, 0.25) is 0 Å². The summed E-state index contributed by atoms with van der Waals surface area (Å²) in [5.41, 5.74) is 2.45. The quantitative estimate of drug-likeness (QED) is 0.765. The number of hydroxylamine groups is 2. The molecular weight excluding hydrogens is 369 g/mol. The van der Waals surface area contributed by atoms with E-state index in [9.17, 15) is 8.42 Å². The van der Waals surface area contributed by atoms with Gasteiger partial charge in [-0.3, -0.25) is 0 Å². The van der Waals surface area contributed by atoms with E-state index in [0.717, 1.165) is 29.5 Å². The fourth-order valence-corrected chi connectivity index (χ4v) is 4.26. The lowest BCUT2D eigenvalue weighted by Crippen LogP contribution is -2.24. The minimum Gasteiger partial charge on any atom is -0.192 e. The van der Waals surface area contributed by atoms with E-state index in [2.05, 4.69) is 0 Å². The van der Waals surface area contributed by atoms with Crippen molar-refractivity contribution in [2.75, 3.05) is 13.1 Å². The average Bonchev–Trinajstić information content (AvgIpc) is 2.98. The number of halogens is 2. The van der Waals surface area contributed by atoms with Crippen LogP contribution in [0.25, 0.3) is 11.1 Å². The Labute approximate surface area is 152 Å². The zero-order chi connectivity index (χ0) is 17.3. The van der Waals surface area contributed by atoms with Crippen molar-refractivity contribution >= 4 is 33.3 Å². The number of aryl methyl sites for hydroxylation is 1. The average molecular weight is 386 g/mol. The van der Waals surface area contributed by atoms with E-state index < -0.39 is 10.1 Å². The molecule has 0 saturated carbocycles. The van der Waals surface area contributed by atoms with E-state index in [1.54, 1.807) is 36.4 Å². The molecular formula is C17H17Cl2NO3S. The largest absolute Gasteiger partial charge is 0.313 e. The zero-order valence-corrected chi connectivity index (χ0v) is 15.5. The Morgan fingerprint density at radius 1 is 1.00 bits per heavy atom. The van der Waals surface area contributed by atoms with Gasteiger partial charge in [-0.2, -0.15) is 17.8 Å². The molecule has 0 spiro atoms. The Morgan fingerprint density at radius 2 is 1.62 bits per heavy atom. The van der Waals surface area contributed by atoms with Gasteiger partial charge in [0.15, 0.2) is 0 Å². The van der Waals surface area contributed by atoms with Crippen molar-refractivity contribution in [2.45, 2.75) is 24.7 Å². The molecule has 128 valence electrons. The third kappa shape index (κ3) is 3.92. The Morgan fingerprint density at radius 3 is 2.25 bits per heavy atom. The van der Waals surface area contributed by atoms with Gasteiger partial charge in [-0.15, -0.1) is 0 Å². The minimum atomic E-state index is -3.85. The molecule has 1 heterocycles. The highest BCUT2D eigenvalue weighted by Gasteiger charge is 2.23. The molecule has 0 unspecified atom stereocenters. The van der Waals surface area contributed by atoms with E-state index in [0.29, 0.717) is 23.1 Å². The van der Waals surface area contributed by atoms with Crippen molar-refractivity contribution < 1.29 is 12.7 Å². The predicted molar refractivity (Wildman–Crippen MR) is 95.7 cm³/mol. The fourth-order valence-electron chi connectivity index (χ4n) is 2.72. The van der Waals surface area contributed by atoms with Crippen molar-refractivity contribution in [3.05, 3.63) is 52.0 Å². The Bertz CT molecular complexity index is 842. The SMILES string of the molecule is Cc1ccc(S(=O)(=O)ON2CCCC2)cc1-c1cc(Cl)cc(Cl)c1. The fraction of sp³-hybridized carbons (Fsp3) is 0.294. The standard InChI is InChI=1S/C17H17Cl2NO3S/c1-12-4-5-16(24(21,22)23-20-6-2-3-7-20)11-17(12)13-8-14(18)10-15(19)9-13/h4-5,8-11H,2-3,6-7H2,1H3. The monoisotopic (exact) mass is 385 g/mol. The van der Waals surface area contributed by atoms with Crippen molar-refractivity contribution in [3.8, 4) is 11.1 Å². The molecule has 0 aromatic heterocycles. The van der Waals surface area contributed by atoms with Gasteiger partial charge in [0.1, 0.15) is 0 Å². The van der Waals surface area contributed by atoms with Crippen LogP contribution in [0, 0.1) is 6.92 Å². The molecule has 4 nitrogen and oxygen atoms in total. The van der Waals surface area contributed by atoms with Crippen molar-refractivity contribution in [1.29, 1.82) is 0 Å². The van der Waals surface area contributed by atoms with Crippen LogP contribution in [0.2, 0.25) is 10.0 Å². The van der Waals surface area contributed by atoms with Gasteiger partial charge < -0.3 is 0 Å². The minimum absolute atomic E-state index is 0.117. The summed E-state index contributed by atoms with van der Waals surface area (Å²) < 4.78 is 30.2. The second-order valence-electron chi connectivity index (χ2n) is 5.80. The molecule has 0 atom stereocenters. The lowest BCUT2D eigenvalue weighted by molar-refractivity contribution is -0.0270. The van der Waals surface area contributed by atoms with Crippen LogP contribution in [0.1, 0.15) is 18.4 Å². The van der Waals surface area contributed by atoms with Crippen LogP contribution < -0.4 is 0 Å². The summed E-state index contributed by atoms with van der Waals surface area (Å²) in [5, 5.41) is 2.49. The third-order valence-corrected chi connectivity index (χ3v) is 5.61. The molecule has 0 radical (unpaired) electrons. The molecule has 1 aliphatic heterocycles. The lowest BCUT2D eigenvalue weighted by Gasteiger charge is -2.15. The number of hydrogen-bond donors (Lipinski definition) is 0. The maximum absolute atomic E-state index is 12.5. The van der Waals surface area contributed by atoms with Crippen LogP contribution in [0.4, 0.5) is 0 Å². The second-order valence-corrected chi connectivity index (χ2v) is 8.20. The second kappa shape index (κ2) is 7.02. The third-order valence-electron chi connectivity index (χ3n) is 3.94. The Hall–Kier alpha value is -1.11. The van der Waals surface area contributed by atoms with Crippen LogP contribution in [-0.4, -0.2) is 26.6 Å². The first-order chi connectivity index (χ1) is 11.3. The highest BCUT2D eigenvalue weighted by atomic mass is 35.5. The molecule has 1 fully saturated rings. The van der Waals surface area contributed by atoms with Crippen molar-refractivity contribution in [3.63, 3.8) is 0 Å². The summed E-state index contributed by atoms with van der Waals surface area (Å²) >= 11 is 12.1. The van der Waals surface area contributed by atoms with Gasteiger partial charge in [0, 0.05) is 23.1 Å². The maximum Gasteiger partial charge on any atom is 0.313 e. The van der Waals surface area contributed by atoms with Gasteiger partial charge in [-0.05, 0) is 66.8 Å². The van der Waals surface area contributed by atoms with Gasteiger partial charge in [0.05, 0.1) is 4.90 Å². The number of hydrogen-bond acceptors (Lipinski definition) is 4. The summed E-state index contributed by atoms with van der Waals surface area (Å²) in [5.74, 6) is 0. The lowest BCUT2D eigenvalue weighted by atomic mass is 10.0. The summed E-state index contributed by atoms with van der Waals surface area (Å²) in [6.07, 6.45) is 1.88. The molecule has 0 aliphatic carbocycles. The van der Waals surface area contributed by atoms with Crippen LogP contribution in [0.5, 0.6) is 0 Å². The van der Waals surface area contributed by atoms with Crippen molar-refractivity contribution in [2.24, 2.45) is 0 Å². The molecule has 3 rings (SSSR count). The molecule has 7 heteroatoms. The highest BCUT2D eigenvalue weighted by molar-refractivity contribution is 7.86. The summed E-state index contributed by atoms with van der Waals surface area (Å²) in [4.78, 5) is 0.117. The predicted octanol–water partition coefficient (Wildman–Crippen LogP) is 4.68. The Kier molecular flexibility index (Phi) is 5.18. The molecule has 0 bridgehead atoms. The van der Waals surface area contributed by atoms with E-state index >= 15 is 0 Å². The van der Waals surface area contributed by atoms with E-state index in [-0.39, 0.29) is 4.90 Å². The first kappa shape index (κ1) is 17.7. The maximum atomic E-state index is 12.5. The zero-order valence-electron chi connectivity index (χ0n) is 13.1. The number of nitrogens with zero attached hydrogens (tertiary/aromatic N) is 1. The summed E-state index contributed by atoms with van der Waals surface area (Å²) in [6, 6.07) is 10.1. The molecule has 0 N–H and O–H groups in total. The highest BCUT2D eigenvalue weighted by Crippen LogP contribution is 2.31. The first-order valence-corrected chi connectivity index (χ1v) is 9.78. The number of benzene rings is 2. The van der Waals surface area contributed by atoms with E-state index in [1.165, 1.54) is 5.06 Å². The van der Waals surface area contributed by atoms with Gasteiger partial charge in [-0.25, -0.2) is 0 Å². The van der Waals surface area contributed by atoms with E-state index in [1.807, 2.05) is 6.92 Å². The Balaban J connectivity index is 1.99. The van der Waals surface area contributed by atoms with Crippen molar-refractivity contribution in [1.82, 2.24) is 5.06 Å². The van der Waals surface area contributed by atoms with Gasteiger partial charge in [-0.1, -0.05) is 29.3 Å². The first-order valence-electron chi connectivity index (χ1n) is 7.62. The smallest absolute Gasteiger partial charge is 0.192 e. The molecule has 2 aromatic carbocycles. The molecule has 1 aliphatic rings. The van der Waals surface area contributed by atoms with E-state index in [4.69, 9.17) is 27.5 Å². The number of rotatable bonds is 4. The molecule has 0 amide bonds. The molecule has 1 saturated heterocycles. The molecule has 2 aromatic rings. The van der Waals surface area contributed by atoms with Crippen LogP contribution in [0.3, 0.4) is 0 Å². The summed E-state index contributed by atoms with van der Waals surface area (Å²) in [7, 11) is -3.85. The molecule has 24 heavy (non-hydrogen) atoms. The summed E-state index contributed by atoms with van der Waals surface area (Å²) in [6.45, 7) is 3.16. The van der Waals surface area contributed by atoms with Gasteiger partial charge in [0.25, 0.3) is 0 Å². The van der Waals surface area contributed by atoms with Gasteiger partial charge >= 0.3 is 10.1 Å². The van der Waals surface area contributed by atoms with Crippen LogP contribution in [-0.2, 0) is 14.4 Å². The van der Waals surface area contributed by atoms with Crippen LogP contribution in [0.15, 0.2) is 41.3 Å².